The van der Waals surface area contributed by atoms with Crippen molar-refractivity contribution in [1.29, 1.82) is 0 Å². The Balaban J connectivity index is 1.31. The van der Waals surface area contributed by atoms with Crippen LogP contribution in [0.3, 0.4) is 0 Å². The van der Waals surface area contributed by atoms with Crippen LogP contribution in [0.1, 0.15) is 37.6 Å². The first-order chi connectivity index (χ1) is 15.1. The molecule has 1 aromatic heterocycles. The third kappa shape index (κ3) is 3.76. The summed E-state index contributed by atoms with van der Waals surface area (Å²) in [5, 5.41) is 0. The van der Waals surface area contributed by atoms with Crippen LogP contribution in [-0.4, -0.2) is 47.8 Å². The largest absolute Gasteiger partial charge is 0.337 e. The molecule has 1 fully saturated rings. The summed E-state index contributed by atoms with van der Waals surface area (Å²) < 4.78 is 14.0. The molecule has 0 saturated carbocycles. The predicted molar refractivity (Wildman–Crippen MR) is 120 cm³/mol. The highest BCUT2D eigenvalue weighted by atomic mass is 32.1. The van der Waals surface area contributed by atoms with Gasteiger partial charge in [0, 0.05) is 31.1 Å². The van der Waals surface area contributed by atoms with Gasteiger partial charge >= 0.3 is 0 Å². The van der Waals surface area contributed by atoms with Gasteiger partial charge < -0.3 is 9.80 Å². The summed E-state index contributed by atoms with van der Waals surface area (Å²) in [7, 11) is 0. The Labute approximate surface area is 184 Å². The smallest absolute Gasteiger partial charge is 0.264 e. The molecule has 2 amide bonds. The van der Waals surface area contributed by atoms with Gasteiger partial charge in [-0.3, -0.25) is 9.59 Å². The van der Waals surface area contributed by atoms with Crippen LogP contribution in [0, 0.1) is 5.82 Å². The molecule has 5 rings (SSSR count). The monoisotopic (exact) mass is 434 g/mol. The van der Waals surface area contributed by atoms with Crippen LogP contribution in [0.2, 0.25) is 0 Å². The van der Waals surface area contributed by atoms with Crippen LogP contribution in [-0.2, 0) is 12.8 Å². The molecule has 6 heteroatoms. The van der Waals surface area contributed by atoms with E-state index in [9.17, 15) is 14.0 Å². The van der Waals surface area contributed by atoms with Crippen LogP contribution in [0.15, 0.2) is 54.6 Å². The molecule has 0 unspecified atom stereocenters. The third-order valence-corrected chi connectivity index (χ3v) is 7.32. The first-order valence-electron chi connectivity index (χ1n) is 10.7. The Morgan fingerprint density at radius 3 is 2.29 bits per heavy atom. The average Bonchev–Trinajstić information content (AvgIpc) is 3.09. The molecular formula is C25H23FN2O2S. The van der Waals surface area contributed by atoms with Crippen molar-refractivity contribution in [3.8, 4) is 10.4 Å². The fourth-order valence-electron chi connectivity index (χ4n) is 4.46. The molecule has 3 aromatic rings. The second-order valence-corrected chi connectivity index (χ2v) is 9.09. The van der Waals surface area contributed by atoms with Crippen molar-refractivity contribution < 1.29 is 14.0 Å². The van der Waals surface area contributed by atoms with Gasteiger partial charge in [-0.25, -0.2) is 4.39 Å². The zero-order chi connectivity index (χ0) is 21.4. The van der Waals surface area contributed by atoms with Gasteiger partial charge in [0.05, 0.1) is 10.4 Å². The zero-order valence-corrected chi connectivity index (χ0v) is 18.0. The number of carbonyl (C=O) groups is 2. The SMILES string of the molecule is O=C(c1cc2c(s1)-c1ccccc1CC2)N1CCCN(C(=O)c2ccccc2F)CC1. The fourth-order valence-corrected chi connectivity index (χ4v) is 5.70. The summed E-state index contributed by atoms with van der Waals surface area (Å²) in [6.07, 6.45) is 2.64. The van der Waals surface area contributed by atoms with Gasteiger partial charge in [0.15, 0.2) is 0 Å². The highest BCUT2D eigenvalue weighted by molar-refractivity contribution is 7.17. The lowest BCUT2D eigenvalue weighted by Crippen LogP contribution is -2.37. The molecular weight excluding hydrogens is 411 g/mol. The van der Waals surface area contributed by atoms with Gasteiger partial charge in [-0.15, -0.1) is 11.3 Å². The minimum Gasteiger partial charge on any atom is -0.337 e. The van der Waals surface area contributed by atoms with E-state index in [4.69, 9.17) is 0 Å². The van der Waals surface area contributed by atoms with Crippen molar-refractivity contribution in [2.24, 2.45) is 0 Å². The number of benzene rings is 2. The van der Waals surface area contributed by atoms with Crippen LogP contribution >= 0.6 is 11.3 Å². The lowest BCUT2D eigenvalue weighted by atomic mass is 9.91. The predicted octanol–water partition coefficient (Wildman–Crippen LogP) is 4.64. The van der Waals surface area contributed by atoms with E-state index in [1.807, 2.05) is 17.0 Å². The first kappa shape index (κ1) is 19.9. The van der Waals surface area contributed by atoms with Crippen LogP contribution in [0.4, 0.5) is 4.39 Å². The van der Waals surface area contributed by atoms with Crippen molar-refractivity contribution in [3.63, 3.8) is 0 Å². The van der Waals surface area contributed by atoms with Crippen molar-refractivity contribution in [2.45, 2.75) is 19.3 Å². The maximum atomic E-state index is 14.0. The van der Waals surface area contributed by atoms with E-state index in [2.05, 4.69) is 18.2 Å². The summed E-state index contributed by atoms with van der Waals surface area (Å²) in [6.45, 7) is 1.98. The number of hydrogen-bond donors (Lipinski definition) is 0. The summed E-state index contributed by atoms with van der Waals surface area (Å²) in [4.78, 5) is 31.5. The molecule has 0 spiro atoms. The number of nitrogens with zero attached hydrogens (tertiary/aromatic N) is 2. The number of thiophene rings is 1. The Hall–Kier alpha value is -2.99. The molecule has 0 radical (unpaired) electrons. The molecule has 1 aliphatic heterocycles. The second kappa shape index (κ2) is 8.27. The molecule has 2 heterocycles. The third-order valence-electron chi connectivity index (χ3n) is 6.12. The molecule has 1 aliphatic carbocycles. The number of hydrogen-bond acceptors (Lipinski definition) is 3. The van der Waals surface area contributed by atoms with E-state index in [1.54, 1.807) is 28.4 Å². The summed E-state index contributed by atoms with van der Waals surface area (Å²) in [5.41, 5.74) is 3.92. The van der Waals surface area contributed by atoms with E-state index in [0.29, 0.717) is 32.6 Å². The van der Waals surface area contributed by atoms with Crippen molar-refractivity contribution in [3.05, 3.63) is 82.0 Å². The normalized spacial score (nSPS) is 15.8. The molecule has 2 aliphatic rings. The Bertz CT molecular complexity index is 1160. The molecule has 4 nitrogen and oxygen atoms in total. The minimum absolute atomic E-state index is 0.0251. The highest BCUT2D eigenvalue weighted by Gasteiger charge is 2.27. The lowest BCUT2D eigenvalue weighted by molar-refractivity contribution is 0.0718. The highest BCUT2D eigenvalue weighted by Crippen LogP contribution is 2.39. The van der Waals surface area contributed by atoms with Gasteiger partial charge in [-0.2, -0.15) is 0 Å². The van der Waals surface area contributed by atoms with Gasteiger partial charge in [0.2, 0.25) is 0 Å². The number of fused-ring (bicyclic) bond motifs is 3. The Morgan fingerprint density at radius 1 is 0.806 bits per heavy atom. The number of carbonyl (C=O) groups excluding carboxylic acids is 2. The number of rotatable bonds is 2. The van der Waals surface area contributed by atoms with Gasteiger partial charge in [-0.05, 0) is 54.2 Å². The van der Waals surface area contributed by atoms with Crippen molar-refractivity contribution in [1.82, 2.24) is 9.80 Å². The fraction of sp³-hybridized carbons (Fsp3) is 0.280. The Kier molecular flexibility index (Phi) is 5.32. The lowest BCUT2D eigenvalue weighted by Gasteiger charge is -2.22. The standard InChI is InChI=1S/C25H23FN2O2S/c26-21-9-4-3-8-20(21)24(29)27-12-5-13-28(15-14-27)25(30)22-16-18-11-10-17-6-1-2-7-19(17)23(18)31-22/h1-4,6-9,16H,5,10-15H2. The van der Waals surface area contributed by atoms with Gasteiger partial charge in [0.1, 0.15) is 5.82 Å². The van der Waals surface area contributed by atoms with Gasteiger partial charge in [0.25, 0.3) is 11.8 Å². The summed E-state index contributed by atoms with van der Waals surface area (Å²) >= 11 is 1.57. The second-order valence-electron chi connectivity index (χ2n) is 8.04. The Morgan fingerprint density at radius 2 is 1.48 bits per heavy atom. The molecule has 2 aromatic carbocycles. The number of aryl methyl sites for hydroxylation is 2. The maximum absolute atomic E-state index is 14.0. The quantitative estimate of drug-likeness (QED) is 0.590. The van der Waals surface area contributed by atoms with Crippen molar-refractivity contribution >= 4 is 23.2 Å². The molecule has 0 bridgehead atoms. The van der Waals surface area contributed by atoms with E-state index in [1.165, 1.54) is 33.7 Å². The van der Waals surface area contributed by atoms with Crippen LogP contribution in [0.5, 0.6) is 0 Å². The molecule has 158 valence electrons. The molecule has 31 heavy (non-hydrogen) atoms. The van der Waals surface area contributed by atoms with E-state index < -0.39 is 5.82 Å². The van der Waals surface area contributed by atoms with Gasteiger partial charge in [-0.1, -0.05) is 36.4 Å². The van der Waals surface area contributed by atoms with Crippen molar-refractivity contribution in [2.75, 3.05) is 26.2 Å². The molecule has 0 N–H and O–H groups in total. The molecule has 0 atom stereocenters. The summed E-state index contributed by atoms with van der Waals surface area (Å²) in [6, 6.07) is 16.5. The topological polar surface area (TPSA) is 40.6 Å². The average molecular weight is 435 g/mol. The van der Waals surface area contributed by atoms with Crippen LogP contribution < -0.4 is 0 Å². The van der Waals surface area contributed by atoms with Crippen LogP contribution in [0.25, 0.3) is 10.4 Å². The minimum atomic E-state index is -0.505. The van der Waals surface area contributed by atoms with E-state index in [-0.39, 0.29) is 17.4 Å². The number of halogens is 1. The summed E-state index contributed by atoms with van der Waals surface area (Å²) in [5.74, 6) is -0.790. The first-order valence-corrected chi connectivity index (χ1v) is 11.5. The zero-order valence-electron chi connectivity index (χ0n) is 17.1. The van der Waals surface area contributed by atoms with E-state index in [0.717, 1.165) is 17.7 Å². The number of amides is 2. The molecule has 1 saturated heterocycles. The maximum Gasteiger partial charge on any atom is 0.264 e. The van der Waals surface area contributed by atoms with E-state index >= 15 is 0 Å².